The summed E-state index contributed by atoms with van der Waals surface area (Å²) >= 11 is 0. The predicted molar refractivity (Wildman–Crippen MR) is 85.1 cm³/mol. The first kappa shape index (κ1) is 15.1. The molecule has 6 heteroatoms. The Morgan fingerprint density at radius 2 is 2.13 bits per heavy atom. The molecule has 0 amide bonds. The van der Waals surface area contributed by atoms with E-state index in [0.29, 0.717) is 17.1 Å². The van der Waals surface area contributed by atoms with Gasteiger partial charge < -0.3 is 19.5 Å². The lowest BCUT2D eigenvalue weighted by Crippen LogP contribution is -2.07. The number of aromatic nitrogens is 1. The van der Waals surface area contributed by atoms with Crippen LogP contribution in [0.15, 0.2) is 30.3 Å². The van der Waals surface area contributed by atoms with Gasteiger partial charge in [0, 0.05) is 6.54 Å². The maximum Gasteiger partial charge on any atom is 0.341 e. The highest BCUT2D eigenvalue weighted by molar-refractivity contribution is 5.92. The Morgan fingerprint density at radius 3 is 2.91 bits per heavy atom. The second-order valence-corrected chi connectivity index (χ2v) is 5.13. The summed E-state index contributed by atoms with van der Waals surface area (Å²) in [7, 11) is 2.87. The topological polar surface area (TPSA) is 69.7 Å². The number of pyridine rings is 1. The number of benzene rings is 1. The molecule has 0 saturated heterocycles. The van der Waals surface area contributed by atoms with Crippen LogP contribution in [0.25, 0.3) is 0 Å². The smallest absolute Gasteiger partial charge is 0.341 e. The number of esters is 1. The van der Waals surface area contributed by atoms with Crippen molar-refractivity contribution in [2.75, 3.05) is 26.1 Å². The summed E-state index contributed by atoms with van der Waals surface area (Å²) in [5, 5.41) is 3.24. The molecule has 3 rings (SSSR count). The van der Waals surface area contributed by atoms with Gasteiger partial charge in [-0.2, -0.15) is 0 Å². The Hall–Kier alpha value is -2.76. The van der Waals surface area contributed by atoms with Gasteiger partial charge in [0.25, 0.3) is 0 Å². The molecule has 0 spiro atoms. The fourth-order valence-electron chi connectivity index (χ4n) is 2.46. The van der Waals surface area contributed by atoms with Crippen LogP contribution in [-0.2, 0) is 17.8 Å². The Morgan fingerprint density at radius 1 is 1.26 bits per heavy atom. The van der Waals surface area contributed by atoms with E-state index in [1.807, 2.05) is 6.07 Å². The monoisotopic (exact) mass is 314 g/mol. The van der Waals surface area contributed by atoms with Crippen molar-refractivity contribution in [2.45, 2.75) is 13.0 Å². The van der Waals surface area contributed by atoms with E-state index < -0.39 is 5.97 Å². The van der Waals surface area contributed by atoms with Gasteiger partial charge in [-0.05, 0) is 36.2 Å². The molecule has 0 aliphatic carbocycles. The van der Waals surface area contributed by atoms with Gasteiger partial charge in [0.15, 0.2) is 0 Å². The van der Waals surface area contributed by atoms with Crippen LogP contribution in [0.3, 0.4) is 0 Å². The molecular formula is C17H18N2O4. The first-order valence-corrected chi connectivity index (χ1v) is 7.33. The Labute approximate surface area is 134 Å². The lowest BCUT2D eigenvalue weighted by atomic mass is 10.2. The van der Waals surface area contributed by atoms with Crippen molar-refractivity contribution in [1.82, 2.24) is 4.98 Å². The van der Waals surface area contributed by atoms with Crippen molar-refractivity contribution in [2.24, 2.45) is 0 Å². The number of hydrogen-bond acceptors (Lipinski definition) is 6. The molecular weight excluding hydrogens is 296 g/mol. The zero-order valence-corrected chi connectivity index (χ0v) is 13.1. The van der Waals surface area contributed by atoms with Crippen molar-refractivity contribution in [3.8, 4) is 11.5 Å². The molecule has 0 radical (unpaired) electrons. The van der Waals surface area contributed by atoms with E-state index in [0.717, 1.165) is 24.5 Å². The van der Waals surface area contributed by atoms with Crippen LogP contribution in [0.1, 0.15) is 21.6 Å². The third kappa shape index (κ3) is 3.21. The average Bonchev–Trinajstić information content (AvgIpc) is 3.06. The van der Waals surface area contributed by atoms with Crippen LogP contribution in [0.5, 0.6) is 11.5 Å². The van der Waals surface area contributed by atoms with Crippen LogP contribution in [0.2, 0.25) is 0 Å². The van der Waals surface area contributed by atoms with E-state index in [1.54, 1.807) is 25.3 Å². The van der Waals surface area contributed by atoms with Crippen molar-refractivity contribution < 1.29 is 19.0 Å². The SMILES string of the molecule is COC(=O)c1cc(OC)ccc1OCc1ccc2c(n1)NCC2. The van der Waals surface area contributed by atoms with Crippen LogP contribution in [-0.4, -0.2) is 31.7 Å². The number of anilines is 1. The van der Waals surface area contributed by atoms with E-state index in [-0.39, 0.29) is 6.61 Å². The molecule has 1 aliphatic rings. The lowest BCUT2D eigenvalue weighted by Gasteiger charge is -2.12. The standard InChI is InChI=1S/C17H18N2O4/c1-21-13-5-6-15(14(9-13)17(20)22-2)23-10-12-4-3-11-7-8-18-16(11)19-12/h3-6,9H,7-8,10H2,1-2H3,(H,18,19). The highest BCUT2D eigenvalue weighted by Gasteiger charge is 2.16. The number of carbonyl (C=O) groups is 1. The van der Waals surface area contributed by atoms with Crippen LogP contribution in [0, 0.1) is 0 Å². The molecule has 6 nitrogen and oxygen atoms in total. The number of nitrogens with zero attached hydrogens (tertiary/aromatic N) is 1. The molecule has 1 aromatic heterocycles. The summed E-state index contributed by atoms with van der Waals surface area (Å²) in [5.41, 5.74) is 2.34. The predicted octanol–water partition coefficient (Wildman–Crippen LogP) is 2.42. The molecule has 120 valence electrons. The first-order valence-electron chi connectivity index (χ1n) is 7.33. The van der Waals surface area contributed by atoms with Gasteiger partial charge in [0.1, 0.15) is 29.5 Å². The number of nitrogens with one attached hydrogen (secondary N) is 1. The molecule has 0 unspecified atom stereocenters. The molecule has 1 N–H and O–H groups in total. The lowest BCUT2D eigenvalue weighted by molar-refractivity contribution is 0.0595. The van der Waals surface area contributed by atoms with E-state index in [2.05, 4.69) is 16.4 Å². The minimum absolute atomic E-state index is 0.269. The summed E-state index contributed by atoms with van der Waals surface area (Å²) in [6.07, 6.45) is 0.994. The molecule has 1 aromatic carbocycles. The molecule has 23 heavy (non-hydrogen) atoms. The van der Waals surface area contributed by atoms with Crippen molar-refractivity contribution in [3.05, 3.63) is 47.2 Å². The van der Waals surface area contributed by atoms with Gasteiger partial charge in [-0.25, -0.2) is 9.78 Å². The molecule has 0 bridgehead atoms. The third-order valence-electron chi connectivity index (χ3n) is 3.69. The minimum atomic E-state index is -0.470. The van der Waals surface area contributed by atoms with Gasteiger partial charge >= 0.3 is 5.97 Å². The van der Waals surface area contributed by atoms with E-state index in [9.17, 15) is 4.79 Å². The minimum Gasteiger partial charge on any atom is -0.497 e. The molecule has 2 heterocycles. The van der Waals surface area contributed by atoms with Crippen molar-refractivity contribution >= 4 is 11.8 Å². The first-order chi connectivity index (χ1) is 11.2. The van der Waals surface area contributed by atoms with Crippen molar-refractivity contribution in [3.63, 3.8) is 0 Å². The zero-order chi connectivity index (χ0) is 16.2. The number of fused-ring (bicyclic) bond motifs is 1. The normalized spacial score (nSPS) is 12.3. The summed E-state index contributed by atoms with van der Waals surface area (Å²) < 4.78 is 15.7. The average molecular weight is 314 g/mol. The number of ether oxygens (including phenoxy) is 3. The van der Waals surface area contributed by atoms with Crippen LogP contribution < -0.4 is 14.8 Å². The molecule has 0 atom stereocenters. The fraction of sp³-hybridized carbons (Fsp3) is 0.294. The summed E-state index contributed by atoms with van der Waals surface area (Å²) in [6, 6.07) is 9.01. The Bertz CT molecular complexity index is 731. The second-order valence-electron chi connectivity index (χ2n) is 5.13. The summed E-state index contributed by atoms with van der Waals surface area (Å²) in [4.78, 5) is 16.4. The van der Waals surface area contributed by atoms with Gasteiger partial charge in [-0.3, -0.25) is 0 Å². The molecule has 0 fully saturated rings. The van der Waals surface area contributed by atoms with Gasteiger partial charge in [0.05, 0.1) is 19.9 Å². The number of hydrogen-bond donors (Lipinski definition) is 1. The molecule has 2 aromatic rings. The third-order valence-corrected chi connectivity index (χ3v) is 3.69. The maximum atomic E-state index is 11.9. The zero-order valence-electron chi connectivity index (χ0n) is 13.1. The number of rotatable bonds is 5. The highest BCUT2D eigenvalue weighted by Crippen LogP contribution is 2.26. The van der Waals surface area contributed by atoms with E-state index in [4.69, 9.17) is 14.2 Å². The van der Waals surface area contributed by atoms with Crippen LogP contribution in [0.4, 0.5) is 5.82 Å². The van der Waals surface area contributed by atoms with Crippen molar-refractivity contribution in [1.29, 1.82) is 0 Å². The van der Waals surface area contributed by atoms with E-state index in [1.165, 1.54) is 12.7 Å². The fourth-order valence-corrected chi connectivity index (χ4v) is 2.46. The van der Waals surface area contributed by atoms with Gasteiger partial charge in [-0.1, -0.05) is 6.07 Å². The molecule has 1 aliphatic heterocycles. The van der Waals surface area contributed by atoms with E-state index >= 15 is 0 Å². The highest BCUT2D eigenvalue weighted by atomic mass is 16.5. The van der Waals surface area contributed by atoms with Gasteiger partial charge in [-0.15, -0.1) is 0 Å². The van der Waals surface area contributed by atoms with Crippen LogP contribution >= 0.6 is 0 Å². The largest absolute Gasteiger partial charge is 0.497 e. The Balaban J connectivity index is 1.78. The number of carbonyl (C=O) groups excluding carboxylic acids is 1. The Kier molecular flexibility index (Phi) is 4.32. The summed E-state index contributed by atoms with van der Waals surface area (Å²) in [5.74, 6) is 1.45. The second kappa shape index (κ2) is 6.56. The quantitative estimate of drug-likeness (QED) is 0.855. The van der Waals surface area contributed by atoms with Gasteiger partial charge in [0.2, 0.25) is 0 Å². The maximum absolute atomic E-state index is 11.9. The number of methoxy groups -OCH3 is 2. The molecule has 0 saturated carbocycles. The summed E-state index contributed by atoms with van der Waals surface area (Å²) in [6.45, 7) is 1.18.